The highest BCUT2D eigenvalue weighted by atomic mass is 32.2. The van der Waals surface area contributed by atoms with Gasteiger partial charge in [-0.1, -0.05) is 49.0 Å². The van der Waals surface area contributed by atoms with Gasteiger partial charge in [0.2, 0.25) is 5.91 Å². The fourth-order valence-electron chi connectivity index (χ4n) is 1.85. The molecule has 100 valence electrons. The van der Waals surface area contributed by atoms with Crippen LogP contribution in [0.2, 0.25) is 0 Å². The van der Waals surface area contributed by atoms with Crippen molar-refractivity contribution in [2.24, 2.45) is 5.73 Å². The Balaban J connectivity index is 2.22. The minimum atomic E-state index is -0.404. The molecule has 0 aliphatic heterocycles. The van der Waals surface area contributed by atoms with Gasteiger partial charge in [0.15, 0.2) is 5.16 Å². The van der Waals surface area contributed by atoms with Crippen LogP contribution in [-0.2, 0) is 11.3 Å². The van der Waals surface area contributed by atoms with Crippen molar-refractivity contribution in [1.82, 2.24) is 9.55 Å². The number of carbonyl (C=O) groups is 1. The second kappa shape index (κ2) is 6.43. The number of carbonyl (C=O) groups excluding carboxylic acids is 1. The van der Waals surface area contributed by atoms with Crippen LogP contribution in [0.5, 0.6) is 0 Å². The van der Waals surface area contributed by atoms with Gasteiger partial charge < -0.3 is 10.3 Å². The van der Waals surface area contributed by atoms with E-state index in [1.807, 2.05) is 41.1 Å². The number of hydrogen-bond acceptors (Lipinski definition) is 3. The molecule has 1 aromatic heterocycles. The molecule has 0 spiro atoms. The zero-order valence-corrected chi connectivity index (χ0v) is 11.6. The minimum absolute atomic E-state index is 0.345. The fourth-order valence-corrected chi connectivity index (χ4v) is 2.88. The van der Waals surface area contributed by atoms with Crippen molar-refractivity contribution in [3.05, 3.63) is 48.3 Å². The van der Waals surface area contributed by atoms with Crippen LogP contribution in [0.3, 0.4) is 0 Å². The topological polar surface area (TPSA) is 60.9 Å². The number of benzene rings is 1. The van der Waals surface area contributed by atoms with Crippen LogP contribution in [0.1, 0.15) is 24.2 Å². The van der Waals surface area contributed by atoms with Crippen molar-refractivity contribution in [3.8, 4) is 0 Å². The Morgan fingerprint density at radius 1 is 1.42 bits per heavy atom. The summed E-state index contributed by atoms with van der Waals surface area (Å²) in [6.45, 7) is 3.00. The predicted molar refractivity (Wildman–Crippen MR) is 76.8 cm³/mol. The first-order valence-electron chi connectivity index (χ1n) is 6.24. The van der Waals surface area contributed by atoms with Gasteiger partial charge in [0.05, 0.1) is 0 Å². The molecule has 0 fully saturated rings. The van der Waals surface area contributed by atoms with Crippen molar-refractivity contribution in [2.45, 2.75) is 30.3 Å². The summed E-state index contributed by atoms with van der Waals surface area (Å²) < 4.78 is 2.05. The monoisotopic (exact) mass is 275 g/mol. The molecule has 2 rings (SSSR count). The molecule has 1 atom stereocenters. The molecule has 0 unspecified atom stereocenters. The lowest BCUT2D eigenvalue weighted by Crippen LogP contribution is -2.19. The molecule has 5 heteroatoms. The van der Waals surface area contributed by atoms with E-state index in [1.54, 1.807) is 6.20 Å². The van der Waals surface area contributed by atoms with Crippen LogP contribution in [0.25, 0.3) is 0 Å². The Morgan fingerprint density at radius 2 is 2.16 bits per heavy atom. The third-order valence-electron chi connectivity index (χ3n) is 2.73. The van der Waals surface area contributed by atoms with Crippen LogP contribution in [-0.4, -0.2) is 15.5 Å². The maximum absolute atomic E-state index is 11.7. The van der Waals surface area contributed by atoms with Crippen molar-refractivity contribution in [1.29, 1.82) is 0 Å². The van der Waals surface area contributed by atoms with Crippen LogP contribution < -0.4 is 5.73 Å². The molecule has 1 heterocycles. The summed E-state index contributed by atoms with van der Waals surface area (Å²) in [5.41, 5.74) is 6.42. The van der Waals surface area contributed by atoms with E-state index in [9.17, 15) is 4.79 Å². The zero-order valence-electron chi connectivity index (χ0n) is 10.8. The first-order valence-corrected chi connectivity index (χ1v) is 7.12. The van der Waals surface area contributed by atoms with E-state index in [1.165, 1.54) is 11.8 Å². The summed E-state index contributed by atoms with van der Waals surface area (Å²) in [5, 5.41) is 0.425. The van der Waals surface area contributed by atoms with E-state index in [2.05, 4.69) is 11.9 Å². The Morgan fingerprint density at radius 3 is 2.79 bits per heavy atom. The minimum Gasteiger partial charge on any atom is -0.368 e. The molecule has 2 N–H and O–H groups in total. The SMILES string of the molecule is CCCn1ccnc1S[C@H](C(N)=O)c1ccccc1. The van der Waals surface area contributed by atoms with Crippen molar-refractivity contribution < 1.29 is 4.79 Å². The maximum atomic E-state index is 11.7. The molecule has 0 saturated heterocycles. The fraction of sp³-hybridized carbons (Fsp3) is 0.286. The average molecular weight is 275 g/mol. The molecule has 0 bridgehead atoms. The van der Waals surface area contributed by atoms with Gasteiger partial charge in [0.25, 0.3) is 0 Å². The van der Waals surface area contributed by atoms with E-state index >= 15 is 0 Å². The summed E-state index contributed by atoms with van der Waals surface area (Å²) in [7, 11) is 0. The summed E-state index contributed by atoms with van der Waals surface area (Å²) in [6, 6.07) is 9.56. The van der Waals surface area contributed by atoms with Crippen LogP contribution in [0.4, 0.5) is 0 Å². The summed E-state index contributed by atoms with van der Waals surface area (Å²) in [6.07, 6.45) is 4.70. The van der Waals surface area contributed by atoms with Crippen molar-refractivity contribution in [2.75, 3.05) is 0 Å². The average Bonchev–Trinajstić information content (AvgIpc) is 2.84. The number of thioether (sulfide) groups is 1. The second-order valence-electron chi connectivity index (χ2n) is 4.21. The highest BCUT2D eigenvalue weighted by Gasteiger charge is 2.21. The normalized spacial score (nSPS) is 12.3. The first kappa shape index (κ1) is 13.7. The zero-order chi connectivity index (χ0) is 13.7. The third-order valence-corrected chi connectivity index (χ3v) is 4.02. The molecule has 0 aliphatic carbocycles. The third kappa shape index (κ3) is 3.38. The van der Waals surface area contributed by atoms with Crippen molar-refractivity contribution >= 4 is 17.7 Å². The van der Waals surface area contributed by atoms with Gasteiger partial charge >= 0.3 is 0 Å². The Bertz CT molecular complexity index is 539. The molecule has 4 nitrogen and oxygen atoms in total. The number of rotatable bonds is 6. The Hall–Kier alpha value is -1.75. The molecule has 1 amide bonds. The molecule has 0 radical (unpaired) electrons. The molecular formula is C14H17N3OS. The van der Waals surface area contributed by atoms with Gasteiger partial charge in [0.1, 0.15) is 5.25 Å². The number of nitrogens with two attached hydrogens (primary N) is 1. The standard InChI is InChI=1S/C14H17N3OS/c1-2-9-17-10-8-16-14(17)19-12(13(15)18)11-6-4-3-5-7-11/h3-8,10,12H,2,9H2,1H3,(H2,15,18)/t12-/m0/s1. The van der Waals surface area contributed by atoms with Gasteiger partial charge in [-0.15, -0.1) is 0 Å². The summed E-state index contributed by atoms with van der Waals surface area (Å²) in [4.78, 5) is 16.0. The van der Waals surface area contributed by atoms with E-state index in [4.69, 9.17) is 5.73 Å². The number of aromatic nitrogens is 2. The summed E-state index contributed by atoms with van der Waals surface area (Å²) >= 11 is 1.40. The lowest BCUT2D eigenvalue weighted by Gasteiger charge is -2.14. The smallest absolute Gasteiger partial charge is 0.235 e. The van der Waals surface area contributed by atoms with Gasteiger partial charge in [-0.2, -0.15) is 0 Å². The predicted octanol–water partition coefficient (Wildman–Crippen LogP) is 2.61. The van der Waals surface area contributed by atoms with Crippen LogP contribution >= 0.6 is 11.8 Å². The number of imidazole rings is 1. The number of amides is 1. The van der Waals surface area contributed by atoms with Crippen LogP contribution in [0.15, 0.2) is 47.9 Å². The number of nitrogens with zero attached hydrogens (tertiary/aromatic N) is 2. The summed E-state index contributed by atoms with van der Waals surface area (Å²) in [5.74, 6) is -0.345. The molecule has 1 aromatic carbocycles. The maximum Gasteiger partial charge on any atom is 0.235 e. The van der Waals surface area contributed by atoms with E-state index in [0.717, 1.165) is 23.7 Å². The molecule has 2 aromatic rings. The van der Waals surface area contributed by atoms with E-state index in [-0.39, 0.29) is 5.91 Å². The lowest BCUT2D eigenvalue weighted by molar-refractivity contribution is -0.117. The molecule has 0 saturated carbocycles. The molecule has 0 aliphatic rings. The number of hydrogen-bond donors (Lipinski definition) is 1. The highest BCUT2D eigenvalue weighted by molar-refractivity contribution is 8.00. The van der Waals surface area contributed by atoms with Gasteiger partial charge in [0, 0.05) is 18.9 Å². The van der Waals surface area contributed by atoms with Gasteiger partial charge in [-0.3, -0.25) is 4.79 Å². The Labute approximate surface area is 117 Å². The van der Waals surface area contributed by atoms with Gasteiger partial charge in [-0.05, 0) is 12.0 Å². The largest absolute Gasteiger partial charge is 0.368 e. The van der Waals surface area contributed by atoms with E-state index in [0.29, 0.717) is 0 Å². The molecular weight excluding hydrogens is 258 g/mol. The number of primary amides is 1. The Kier molecular flexibility index (Phi) is 4.63. The second-order valence-corrected chi connectivity index (χ2v) is 5.29. The lowest BCUT2D eigenvalue weighted by atomic mass is 10.1. The quantitative estimate of drug-likeness (QED) is 0.824. The van der Waals surface area contributed by atoms with Crippen molar-refractivity contribution in [3.63, 3.8) is 0 Å². The first-order chi connectivity index (χ1) is 9.22. The number of aryl methyl sites for hydroxylation is 1. The molecule has 19 heavy (non-hydrogen) atoms. The van der Waals surface area contributed by atoms with Crippen LogP contribution in [0, 0.1) is 0 Å². The van der Waals surface area contributed by atoms with E-state index < -0.39 is 5.25 Å². The highest BCUT2D eigenvalue weighted by Crippen LogP contribution is 2.33. The van der Waals surface area contributed by atoms with Gasteiger partial charge in [-0.25, -0.2) is 4.98 Å².